The predicted molar refractivity (Wildman–Crippen MR) is 135 cm³/mol. The number of carbonyl (C=O) groups is 2. The van der Waals surface area contributed by atoms with Crippen LogP contribution in [0.1, 0.15) is 41.1 Å². The molecule has 0 atom stereocenters. The molecule has 2 heterocycles. The zero-order valence-corrected chi connectivity index (χ0v) is 19.7. The quantitative estimate of drug-likeness (QED) is 0.463. The monoisotopic (exact) mass is 457 g/mol. The number of carbonyl (C=O) groups excluding carboxylic acids is 2. The lowest BCUT2D eigenvalue weighted by molar-refractivity contribution is -0.120. The third-order valence-electron chi connectivity index (χ3n) is 5.38. The third kappa shape index (κ3) is 5.65. The molecule has 168 valence electrons. The topological polar surface area (TPSA) is 61.8 Å². The molecule has 1 aliphatic heterocycles. The maximum absolute atomic E-state index is 13.0. The lowest BCUT2D eigenvalue weighted by Gasteiger charge is -2.16. The average molecular weight is 458 g/mol. The van der Waals surface area contributed by atoms with Gasteiger partial charge in [-0.25, -0.2) is 4.99 Å². The number of aliphatic imine (C=N–C) groups is 1. The van der Waals surface area contributed by atoms with Crippen LogP contribution < -0.4 is 10.2 Å². The minimum Gasteiger partial charge on any atom is -0.352 e. The summed E-state index contributed by atoms with van der Waals surface area (Å²) in [5, 5.41) is 2.94. The summed E-state index contributed by atoms with van der Waals surface area (Å²) in [6.07, 6.45) is 4.30. The van der Waals surface area contributed by atoms with E-state index in [0.717, 1.165) is 34.5 Å². The minimum atomic E-state index is -0.133. The fourth-order valence-electron chi connectivity index (χ4n) is 3.73. The van der Waals surface area contributed by atoms with E-state index < -0.39 is 0 Å². The number of nitrogens with zero attached hydrogens (tertiary/aromatic N) is 2. The molecular weight excluding hydrogens is 430 g/mol. The SMILES string of the molecule is CCCc1ccc(/C=C2\N=C(C)N(c3ccc(CC(=O)NCc4ccccc4)cc3)C2=O)s1. The molecule has 1 N–H and O–H groups in total. The molecule has 0 bridgehead atoms. The normalized spacial score (nSPS) is 14.6. The summed E-state index contributed by atoms with van der Waals surface area (Å²) in [4.78, 5) is 33.8. The Morgan fingerprint density at radius 3 is 2.52 bits per heavy atom. The van der Waals surface area contributed by atoms with Crippen molar-refractivity contribution in [1.29, 1.82) is 0 Å². The van der Waals surface area contributed by atoms with Crippen LogP contribution in [0.5, 0.6) is 0 Å². The van der Waals surface area contributed by atoms with Crippen LogP contribution in [0.3, 0.4) is 0 Å². The minimum absolute atomic E-state index is 0.0368. The van der Waals surface area contributed by atoms with Crippen LogP contribution in [-0.2, 0) is 29.0 Å². The molecule has 0 radical (unpaired) electrons. The molecule has 5 nitrogen and oxygen atoms in total. The van der Waals surface area contributed by atoms with Crippen molar-refractivity contribution in [2.45, 2.75) is 39.7 Å². The van der Waals surface area contributed by atoms with Gasteiger partial charge in [-0.3, -0.25) is 14.5 Å². The number of aryl methyl sites for hydroxylation is 1. The first kappa shape index (κ1) is 22.7. The molecule has 3 aromatic rings. The summed E-state index contributed by atoms with van der Waals surface area (Å²) in [6.45, 7) is 4.50. The molecule has 0 saturated carbocycles. The van der Waals surface area contributed by atoms with E-state index in [1.54, 1.807) is 16.2 Å². The Morgan fingerprint density at radius 2 is 1.79 bits per heavy atom. The van der Waals surface area contributed by atoms with Gasteiger partial charge in [-0.2, -0.15) is 0 Å². The van der Waals surface area contributed by atoms with Crippen molar-refractivity contribution in [3.63, 3.8) is 0 Å². The number of nitrogens with one attached hydrogen (secondary N) is 1. The second-order valence-electron chi connectivity index (χ2n) is 7.99. The standard InChI is InChI=1S/C27H27N3O2S/c1-3-7-23-14-15-24(33-23)17-25-27(32)30(19(2)29-25)22-12-10-20(11-13-22)16-26(31)28-18-21-8-5-4-6-9-21/h4-6,8-15,17H,3,7,16,18H2,1-2H3,(H,28,31)/b25-17-. The van der Waals surface area contributed by atoms with Crippen LogP contribution in [-0.4, -0.2) is 17.6 Å². The van der Waals surface area contributed by atoms with E-state index in [1.165, 1.54) is 4.88 Å². The number of amides is 2. The van der Waals surface area contributed by atoms with Crippen LogP contribution in [0.25, 0.3) is 6.08 Å². The molecule has 0 spiro atoms. The fourth-order valence-corrected chi connectivity index (χ4v) is 4.78. The highest BCUT2D eigenvalue weighted by atomic mass is 32.1. The highest BCUT2D eigenvalue weighted by Crippen LogP contribution is 2.27. The van der Waals surface area contributed by atoms with Gasteiger partial charge in [-0.15, -0.1) is 11.3 Å². The van der Waals surface area contributed by atoms with Gasteiger partial charge >= 0.3 is 0 Å². The number of hydrogen-bond acceptors (Lipinski definition) is 4. The third-order valence-corrected chi connectivity index (χ3v) is 6.47. The molecule has 1 aromatic heterocycles. The first-order chi connectivity index (χ1) is 16.0. The van der Waals surface area contributed by atoms with Crippen LogP contribution in [0.15, 0.2) is 77.4 Å². The Balaban J connectivity index is 1.39. The summed E-state index contributed by atoms with van der Waals surface area (Å²) in [5.74, 6) is 0.474. The second kappa shape index (κ2) is 10.4. The van der Waals surface area contributed by atoms with E-state index in [9.17, 15) is 9.59 Å². The van der Waals surface area contributed by atoms with Gasteiger partial charge in [-0.1, -0.05) is 55.8 Å². The van der Waals surface area contributed by atoms with E-state index in [0.29, 0.717) is 18.1 Å². The van der Waals surface area contributed by atoms with Crippen molar-refractivity contribution in [3.8, 4) is 0 Å². The molecule has 0 unspecified atom stereocenters. The number of benzene rings is 2. The van der Waals surface area contributed by atoms with Crippen LogP contribution in [0.4, 0.5) is 5.69 Å². The van der Waals surface area contributed by atoms with Crippen molar-refractivity contribution in [2.75, 3.05) is 4.90 Å². The van der Waals surface area contributed by atoms with E-state index in [2.05, 4.69) is 23.3 Å². The zero-order valence-electron chi connectivity index (χ0n) is 18.9. The summed E-state index contributed by atoms with van der Waals surface area (Å²) in [6, 6.07) is 21.5. The van der Waals surface area contributed by atoms with Crippen molar-refractivity contribution >= 4 is 40.8 Å². The summed E-state index contributed by atoms with van der Waals surface area (Å²) < 4.78 is 0. The summed E-state index contributed by atoms with van der Waals surface area (Å²) in [7, 11) is 0. The van der Waals surface area contributed by atoms with Gasteiger partial charge < -0.3 is 5.32 Å². The molecule has 33 heavy (non-hydrogen) atoms. The van der Waals surface area contributed by atoms with Gasteiger partial charge in [-0.05, 0) is 54.8 Å². The Labute approximate surface area is 198 Å². The molecule has 0 saturated heterocycles. The van der Waals surface area contributed by atoms with Crippen molar-refractivity contribution in [1.82, 2.24) is 5.32 Å². The van der Waals surface area contributed by atoms with Gasteiger partial charge in [0.25, 0.3) is 5.91 Å². The Kier molecular flexibility index (Phi) is 7.15. The molecule has 1 aliphatic rings. The number of rotatable bonds is 8. The van der Waals surface area contributed by atoms with E-state index in [-0.39, 0.29) is 18.2 Å². The molecular formula is C27H27N3O2S. The van der Waals surface area contributed by atoms with Gasteiger partial charge in [0.2, 0.25) is 5.91 Å². The smallest absolute Gasteiger partial charge is 0.282 e. The Hall–Kier alpha value is -3.51. The van der Waals surface area contributed by atoms with Crippen molar-refractivity contribution in [3.05, 3.63) is 93.3 Å². The Morgan fingerprint density at radius 1 is 1.03 bits per heavy atom. The predicted octanol–water partition coefficient (Wildman–Crippen LogP) is 5.37. The summed E-state index contributed by atoms with van der Waals surface area (Å²) in [5.41, 5.74) is 3.15. The molecule has 4 rings (SSSR count). The largest absolute Gasteiger partial charge is 0.352 e. The lowest BCUT2D eigenvalue weighted by Crippen LogP contribution is -2.30. The molecule has 0 fully saturated rings. The zero-order chi connectivity index (χ0) is 23.2. The fraction of sp³-hybridized carbons (Fsp3) is 0.222. The van der Waals surface area contributed by atoms with Gasteiger partial charge in [0, 0.05) is 16.3 Å². The average Bonchev–Trinajstić information content (AvgIpc) is 3.37. The lowest BCUT2D eigenvalue weighted by atomic mass is 10.1. The van der Waals surface area contributed by atoms with E-state index in [4.69, 9.17) is 0 Å². The van der Waals surface area contributed by atoms with Gasteiger partial charge in [0.1, 0.15) is 11.5 Å². The van der Waals surface area contributed by atoms with E-state index >= 15 is 0 Å². The maximum Gasteiger partial charge on any atom is 0.282 e. The summed E-state index contributed by atoms with van der Waals surface area (Å²) >= 11 is 1.70. The number of thiophene rings is 1. The number of anilines is 1. The molecule has 2 amide bonds. The van der Waals surface area contributed by atoms with Crippen LogP contribution in [0, 0.1) is 0 Å². The molecule has 6 heteroatoms. The van der Waals surface area contributed by atoms with Crippen molar-refractivity contribution < 1.29 is 9.59 Å². The highest BCUT2D eigenvalue weighted by Gasteiger charge is 2.29. The van der Waals surface area contributed by atoms with Gasteiger partial charge in [0.15, 0.2) is 0 Å². The Bertz CT molecular complexity index is 1190. The molecule has 0 aliphatic carbocycles. The first-order valence-corrected chi connectivity index (χ1v) is 11.9. The maximum atomic E-state index is 13.0. The second-order valence-corrected chi connectivity index (χ2v) is 9.19. The number of hydrogen-bond donors (Lipinski definition) is 1. The number of amidine groups is 1. The highest BCUT2D eigenvalue weighted by molar-refractivity contribution is 7.12. The first-order valence-electron chi connectivity index (χ1n) is 11.1. The molecule has 2 aromatic carbocycles. The van der Waals surface area contributed by atoms with E-state index in [1.807, 2.05) is 73.7 Å². The van der Waals surface area contributed by atoms with Gasteiger partial charge in [0.05, 0.1) is 12.1 Å². The van der Waals surface area contributed by atoms with Crippen molar-refractivity contribution in [2.24, 2.45) is 4.99 Å². The van der Waals surface area contributed by atoms with Crippen LogP contribution >= 0.6 is 11.3 Å². The van der Waals surface area contributed by atoms with Crippen LogP contribution in [0.2, 0.25) is 0 Å².